The molecule has 26 heavy (non-hydrogen) atoms. The molecule has 0 saturated carbocycles. The number of methoxy groups -OCH3 is 1. The molecule has 0 radical (unpaired) electrons. The van der Waals surface area contributed by atoms with Crippen molar-refractivity contribution in [2.24, 2.45) is 0 Å². The third-order valence-electron chi connectivity index (χ3n) is 4.44. The molecule has 1 fully saturated rings. The van der Waals surface area contributed by atoms with Gasteiger partial charge in [0.1, 0.15) is 5.75 Å². The van der Waals surface area contributed by atoms with E-state index in [1.807, 2.05) is 36.1 Å². The van der Waals surface area contributed by atoms with Crippen LogP contribution in [0.15, 0.2) is 30.5 Å². The zero-order valence-corrected chi connectivity index (χ0v) is 15.7. The van der Waals surface area contributed by atoms with E-state index in [0.29, 0.717) is 31.3 Å². The number of sulfone groups is 1. The lowest BCUT2D eigenvalue weighted by atomic mass is 10.2. The van der Waals surface area contributed by atoms with Gasteiger partial charge in [-0.15, -0.1) is 5.10 Å². The molecular formula is C17H23N5O3S. The number of nitrogens with zero attached hydrogens (tertiary/aromatic N) is 4. The minimum Gasteiger partial charge on any atom is -0.497 e. The first-order valence-corrected chi connectivity index (χ1v) is 10.4. The maximum atomic E-state index is 11.8. The Labute approximate surface area is 153 Å². The normalized spacial score (nSPS) is 18.5. The lowest BCUT2D eigenvalue weighted by Crippen LogP contribution is -2.37. The van der Waals surface area contributed by atoms with Crippen LogP contribution in [0.2, 0.25) is 0 Å². The number of aromatic nitrogens is 3. The van der Waals surface area contributed by atoms with Crippen LogP contribution in [0.1, 0.15) is 18.9 Å². The molecule has 2 aromatic rings. The van der Waals surface area contributed by atoms with Crippen LogP contribution < -0.4 is 15.0 Å². The van der Waals surface area contributed by atoms with Gasteiger partial charge in [0.25, 0.3) is 0 Å². The Morgan fingerprint density at radius 3 is 2.69 bits per heavy atom. The Hall–Kier alpha value is -2.42. The molecule has 9 heteroatoms. The van der Waals surface area contributed by atoms with E-state index in [0.717, 1.165) is 11.3 Å². The lowest BCUT2D eigenvalue weighted by Gasteiger charge is -2.27. The van der Waals surface area contributed by atoms with Crippen LogP contribution in [-0.2, 0) is 16.4 Å². The summed E-state index contributed by atoms with van der Waals surface area (Å²) >= 11 is 0. The van der Waals surface area contributed by atoms with Crippen LogP contribution in [0.25, 0.3) is 0 Å². The minimum absolute atomic E-state index is 0.0591. The van der Waals surface area contributed by atoms with Crippen LogP contribution in [0.5, 0.6) is 5.75 Å². The van der Waals surface area contributed by atoms with Crippen LogP contribution in [0.4, 0.5) is 11.8 Å². The fourth-order valence-electron chi connectivity index (χ4n) is 3.06. The molecule has 140 valence electrons. The average molecular weight is 377 g/mol. The third-order valence-corrected chi connectivity index (χ3v) is 6.19. The van der Waals surface area contributed by atoms with Gasteiger partial charge in [-0.3, -0.25) is 0 Å². The largest absolute Gasteiger partial charge is 0.497 e. The van der Waals surface area contributed by atoms with Crippen molar-refractivity contribution in [1.82, 2.24) is 15.2 Å². The van der Waals surface area contributed by atoms with E-state index in [9.17, 15) is 8.42 Å². The Bertz CT molecular complexity index is 842. The molecule has 1 aromatic heterocycles. The summed E-state index contributed by atoms with van der Waals surface area (Å²) in [5.74, 6) is 2.26. The molecule has 0 aliphatic carbocycles. The van der Waals surface area contributed by atoms with Gasteiger partial charge in [-0.1, -0.05) is 12.1 Å². The number of hydrogen-bond donors (Lipinski definition) is 1. The minimum atomic E-state index is -2.95. The van der Waals surface area contributed by atoms with Crippen molar-refractivity contribution in [3.8, 4) is 5.75 Å². The Kier molecular flexibility index (Phi) is 5.55. The van der Waals surface area contributed by atoms with E-state index >= 15 is 0 Å². The van der Waals surface area contributed by atoms with Crippen molar-refractivity contribution >= 4 is 21.6 Å². The summed E-state index contributed by atoms with van der Waals surface area (Å²) in [5, 5.41) is 11.2. The molecule has 8 nitrogen and oxygen atoms in total. The highest BCUT2D eigenvalue weighted by Crippen LogP contribution is 2.22. The van der Waals surface area contributed by atoms with Gasteiger partial charge in [0.05, 0.1) is 24.8 Å². The van der Waals surface area contributed by atoms with E-state index in [4.69, 9.17) is 4.74 Å². The second-order valence-electron chi connectivity index (χ2n) is 6.18. The van der Waals surface area contributed by atoms with E-state index < -0.39 is 9.84 Å². The number of ether oxygens (including phenoxy) is 1. The second-order valence-corrected chi connectivity index (χ2v) is 8.41. The summed E-state index contributed by atoms with van der Waals surface area (Å²) in [7, 11) is -1.32. The van der Waals surface area contributed by atoms with Gasteiger partial charge in [0.15, 0.2) is 15.7 Å². The molecule has 1 N–H and O–H groups in total. The highest BCUT2D eigenvalue weighted by molar-refractivity contribution is 7.91. The van der Waals surface area contributed by atoms with Crippen molar-refractivity contribution in [2.75, 3.05) is 35.4 Å². The summed E-state index contributed by atoms with van der Waals surface area (Å²) in [6.07, 6.45) is 2.20. The molecule has 0 bridgehead atoms. The Morgan fingerprint density at radius 1 is 1.31 bits per heavy atom. The summed E-state index contributed by atoms with van der Waals surface area (Å²) in [4.78, 5) is 6.49. The van der Waals surface area contributed by atoms with Crippen molar-refractivity contribution < 1.29 is 13.2 Å². The van der Waals surface area contributed by atoms with Gasteiger partial charge < -0.3 is 15.0 Å². The zero-order chi connectivity index (χ0) is 18.6. The predicted molar refractivity (Wildman–Crippen MR) is 100 cm³/mol. The maximum absolute atomic E-state index is 11.8. The second kappa shape index (κ2) is 7.86. The smallest absolute Gasteiger partial charge is 0.244 e. The molecule has 1 unspecified atom stereocenters. The Morgan fingerprint density at radius 2 is 2.08 bits per heavy atom. The lowest BCUT2D eigenvalue weighted by molar-refractivity contribution is 0.414. The fourth-order valence-corrected chi connectivity index (χ4v) is 4.79. The zero-order valence-electron chi connectivity index (χ0n) is 14.9. The van der Waals surface area contributed by atoms with E-state index in [-0.39, 0.29) is 17.5 Å². The molecule has 1 aromatic carbocycles. The van der Waals surface area contributed by atoms with E-state index in [2.05, 4.69) is 20.5 Å². The number of hydrogen-bond acceptors (Lipinski definition) is 8. The van der Waals surface area contributed by atoms with Crippen molar-refractivity contribution in [1.29, 1.82) is 0 Å². The standard InChI is InChI=1S/C17H23N5O3S/c1-3-22(14-8-9-26(23,24)12-14)16-11-19-21-17(20-16)18-10-13-4-6-15(25-2)7-5-13/h4-7,11,14H,3,8-10,12H2,1-2H3,(H,18,20,21). The van der Waals surface area contributed by atoms with Gasteiger partial charge >= 0.3 is 0 Å². The molecule has 0 amide bonds. The van der Waals surface area contributed by atoms with Gasteiger partial charge in [-0.25, -0.2) is 8.42 Å². The van der Waals surface area contributed by atoms with E-state index in [1.54, 1.807) is 13.3 Å². The topological polar surface area (TPSA) is 97.3 Å². The van der Waals surface area contributed by atoms with Crippen LogP contribution in [0, 0.1) is 0 Å². The molecule has 3 rings (SSSR count). The Balaban J connectivity index is 1.68. The molecule has 1 atom stereocenters. The van der Waals surface area contributed by atoms with Crippen molar-refractivity contribution in [3.63, 3.8) is 0 Å². The first-order valence-electron chi connectivity index (χ1n) is 8.54. The SMILES string of the molecule is CCN(c1cnnc(NCc2ccc(OC)cc2)n1)C1CCS(=O)(=O)C1. The third kappa shape index (κ3) is 4.40. The van der Waals surface area contributed by atoms with Crippen LogP contribution >= 0.6 is 0 Å². The van der Waals surface area contributed by atoms with Gasteiger partial charge in [0, 0.05) is 19.1 Å². The summed E-state index contributed by atoms with van der Waals surface area (Å²) < 4.78 is 28.7. The molecule has 1 aliphatic heterocycles. The first kappa shape index (κ1) is 18.4. The summed E-state index contributed by atoms with van der Waals surface area (Å²) in [6, 6.07) is 7.66. The molecule has 0 spiro atoms. The average Bonchev–Trinajstić information content (AvgIpc) is 3.01. The molecule has 1 saturated heterocycles. The molecule has 1 aliphatic rings. The first-order chi connectivity index (χ1) is 12.5. The fraction of sp³-hybridized carbons (Fsp3) is 0.471. The van der Waals surface area contributed by atoms with Gasteiger partial charge in [-0.05, 0) is 31.0 Å². The van der Waals surface area contributed by atoms with Crippen LogP contribution in [0.3, 0.4) is 0 Å². The van der Waals surface area contributed by atoms with E-state index in [1.165, 1.54) is 0 Å². The van der Waals surface area contributed by atoms with Crippen molar-refractivity contribution in [2.45, 2.75) is 25.9 Å². The highest BCUT2D eigenvalue weighted by atomic mass is 32.2. The van der Waals surface area contributed by atoms with Crippen LogP contribution in [-0.4, -0.2) is 54.8 Å². The number of benzene rings is 1. The molecular weight excluding hydrogens is 354 g/mol. The highest BCUT2D eigenvalue weighted by Gasteiger charge is 2.32. The predicted octanol–water partition coefficient (Wildman–Crippen LogP) is 1.51. The number of anilines is 2. The van der Waals surface area contributed by atoms with Gasteiger partial charge in [-0.2, -0.15) is 10.1 Å². The monoisotopic (exact) mass is 377 g/mol. The summed E-state index contributed by atoms with van der Waals surface area (Å²) in [5.41, 5.74) is 1.06. The van der Waals surface area contributed by atoms with Gasteiger partial charge in [0.2, 0.25) is 5.95 Å². The number of nitrogens with one attached hydrogen (secondary N) is 1. The summed E-state index contributed by atoms with van der Waals surface area (Å²) in [6.45, 7) is 3.20. The number of rotatable bonds is 7. The maximum Gasteiger partial charge on any atom is 0.244 e. The van der Waals surface area contributed by atoms with Crippen molar-refractivity contribution in [3.05, 3.63) is 36.0 Å². The quantitative estimate of drug-likeness (QED) is 0.775. The molecule has 2 heterocycles.